The number of allylic oxidation sites excluding steroid dienone is 1. The van der Waals surface area contributed by atoms with Gasteiger partial charge in [-0.3, -0.25) is 4.79 Å². The third-order valence-corrected chi connectivity index (χ3v) is 6.21. The average Bonchev–Trinajstić information content (AvgIpc) is 3.23. The first-order chi connectivity index (χ1) is 18.6. The number of ketones is 1. The second-order valence-electron chi connectivity index (χ2n) is 8.26. The molecule has 2 aliphatic rings. The molecule has 5 rings (SSSR count). The van der Waals surface area contributed by atoms with Crippen molar-refractivity contribution in [3.63, 3.8) is 0 Å². The van der Waals surface area contributed by atoms with Gasteiger partial charge in [0.1, 0.15) is 17.2 Å². The summed E-state index contributed by atoms with van der Waals surface area (Å²) in [6.07, 6.45) is 1.50. The normalized spacial score (nSPS) is 14.9. The zero-order valence-corrected chi connectivity index (χ0v) is 21.2. The van der Waals surface area contributed by atoms with Gasteiger partial charge in [0.05, 0.1) is 12.2 Å². The van der Waals surface area contributed by atoms with Gasteiger partial charge < -0.3 is 23.7 Å². The van der Waals surface area contributed by atoms with Crippen LogP contribution in [0.25, 0.3) is 6.08 Å². The van der Waals surface area contributed by atoms with Crippen LogP contribution in [0.2, 0.25) is 0 Å². The highest BCUT2D eigenvalue weighted by atomic mass is 79.9. The van der Waals surface area contributed by atoms with E-state index in [1.165, 1.54) is 25.1 Å². The molecule has 2 heterocycles. The van der Waals surface area contributed by atoms with E-state index in [4.69, 9.17) is 18.9 Å². The molecule has 0 unspecified atom stereocenters. The molecular weight excluding hydrogens is 599 g/mol. The average molecular weight is 613 g/mol. The van der Waals surface area contributed by atoms with Crippen molar-refractivity contribution in [2.75, 3.05) is 13.4 Å². The van der Waals surface area contributed by atoms with Crippen LogP contribution < -0.4 is 18.9 Å². The second-order valence-corrected chi connectivity index (χ2v) is 9.18. The van der Waals surface area contributed by atoms with E-state index in [1.807, 2.05) is 6.07 Å². The molecule has 202 valence electrons. The summed E-state index contributed by atoms with van der Waals surface area (Å²) in [5.41, 5.74) is 1.75. The Kier molecular flexibility index (Phi) is 7.03. The third kappa shape index (κ3) is 4.83. The molecule has 0 aromatic heterocycles. The number of halogens is 6. The van der Waals surface area contributed by atoms with Crippen molar-refractivity contribution in [1.82, 2.24) is 0 Å². The van der Waals surface area contributed by atoms with Crippen molar-refractivity contribution >= 4 is 33.8 Å². The number of ether oxygens (including phenoxy) is 5. The van der Waals surface area contributed by atoms with Crippen LogP contribution in [0.1, 0.15) is 27.0 Å². The van der Waals surface area contributed by atoms with Gasteiger partial charge in [-0.15, -0.1) is 0 Å². The van der Waals surface area contributed by atoms with Crippen LogP contribution in [0.5, 0.6) is 23.0 Å². The van der Waals surface area contributed by atoms with Gasteiger partial charge in [-0.25, -0.2) is 18.0 Å². The highest BCUT2D eigenvalue weighted by Crippen LogP contribution is 2.41. The highest BCUT2D eigenvalue weighted by molar-refractivity contribution is 9.10. The monoisotopic (exact) mass is 612 g/mol. The number of rotatable bonds is 5. The van der Waals surface area contributed by atoms with Crippen LogP contribution in [0.15, 0.2) is 34.5 Å². The van der Waals surface area contributed by atoms with Gasteiger partial charge in [0.2, 0.25) is 34.9 Å². The minimum Gasteiger partial charge on any atom is -0.476 e. The summed E-state index contributed by atoms with van der Waals surface area (Å²) >= 11 is 3.40. The Hall–Kier alpha value is -3.97. The van der Waals surface area contributed by atoms with Crippen LogP contribution in [0.4, 0.5) is 22.0 Å². The largest absolute Gasteiger partial charge is 0.476 e. The molecule has 0 fully saturated rings. The number of esters is 1. The minimum atomic E-state index is -2.36. The Balaban J connectivity index is 1.34. The lowest BCUT2D eigenvalue weighted by Gasteiger charge is -2.20. The lowest BCUT2D eigenvalue weighted by Crippen LogP contribution is -2.20. The molecule has 13 heteroatoms. The van der Waals surface area contributed by atoms with Gasteiger partial charge >= 0.3 is 5.97 Å². The van der Waals surface area contributed by atoms with Gasteiger partial charge in [-0.1, -0.05) is 15.9 Å². The van der Waals surface area contributed by atoms with Gasteiger partial charge in [-0.2, -0.15) is 8.78 Å². The van der Waals surface area contributed by atoms with E-state index in [9.17, 15) is 31.5 Å². The molecule has 0 radical (unpaired) electrons. The molecule has 39 heavy (non-hydrogen) atoms. The van der Waals surface area contributed by atoms with E-state index >= 15 is 0 Å². The molecule has 0 saturated heterocycles. The van der Waals surface area contributed by atoms with Crippen LogP contribution in [0.3, 0.4) is 0 Å². The number of carbonyl (C=O) groups excluding carboxylic acids is 2. The number of carbonyl (C=O) groups is 2. The Bertz CT molecular complexity index is 1560. The Labute approximate surface area is 224 Å². The molecule has 3 aromatic carbocycles. The fourth-order valence-electron chi connectivity index (χ4n) is 3.93. The fraction of sp³-hybridized carbons (Fsp3) is 0.154. The van der Waals surface area contributed by atoms with Crippen molar-refractivity contribution in [2.45, 2.75) is 13.5 Å². The maximum absolute atomic E-state index is 13.8. The van der Waals surface area contributed by atoms with Crippen LogP contribution >= 0.6 is 15.9 Å². The predicted octanol–water partition coefficient (Wildman–Crippen LogP) is 5.92. The number of benzene rings is 3. The van der Waals surface area contributed by atoms with Crippen molar-refractivity contribution < 1.29 is 55.2 Å². The fourth-order valence-corrected chi connectivity index (χ4v) is 4.45. The second kappa shape index (κ2) is 10.3. The van der Waals surface area contributed by atoms with Crippen molar-refractivity contribution in [1.29, 1.82) is 0 Å². The first-order valence-electron chi connectivity index (χ1n) is 11.0. The lowest BCUT2D eigenvalue weighted by atomic mass is 10.0. The zero-order valence-electron chi connectivity index (χ0n) is 19.6. The molecule has 0 bridgehead atoms. The summed E-state index contributed by atoms with van der Waals surface area (Å²) in [6.45, 7) is 0.672. The number of hydrogen-bond donors (Lipinski definition) is 0. The predicted molar refractivity (Wildman–Crippen MR) is 126 cm³/mol. The molecule has 0 saturated carbocycles. The van der Waals surface area contributed by atoms with E-state index < -0.39 is 53.2 Å². The van der Waals surface area contributed by atoms with Crippen LogP contribution in [-0.2, 0) is 16.1 Å². The topological polar surface area (TPSA) is 80.3 Å². The Morgan fingerprint density at radius 3 is 2.44 bits per heavy atom. The first kappa shape index (κ1) is 26.6. The third-order valence-electron chi connectivity index (χ3n) is 5.75. The molecular formula is C26H14BrF5O7. The minimum absolute atomic E-state index is 0.0263. The molecule has 7 nitrogen and oxygen atoms in total. The smallest absolute Gasteiger partial charge is 0.349 e. The summed E-state index contributed by atoms with van der Waals surface area (Å²) in [4.78, 5) is 25.2. The van der Waals surface area contributed by atoms with E-state index in [-0.39, 0.29) is 35.2 Å². The molecule has 0 spiro atoms. The van der Waals surface area contributed by atoms with Crippen molar-refractivity contribution in [3.05, 3.63) is 85.8 Å². The molecule has 2 aliphatic heterocycles. The molecule has 0 amide bonds. The van der Waals surface area contributed by atoms with E-state index in [2.05, 4.69) is 20.7 Å². The van der Waals surface area contributed by atoms with Gasteiger partial charge in [0, 0.05) is 21.2 Å². The Morgan fingerprint density at radius 2 is 1.72 bits per heavy atom. The highest BCUT2D eigenvalue weighted by Gasteiger charge is 2.32. The summed E-state index contributed by atoms with van der Waals surface area (Å²) < 4.78 is 94.4. The first-order valence-corrected chi connectivity index (χ1v) is 11.8. The van der Waals surface area contributed by atoms with E-state index in [0.717, 1.165) is 10.0 Å². The quantitative estimate of drug-likeness (QED) is 0.0883. The maximum atomic E-state index is 13.8. The summed E-state index contributed by atoms with van der Waals surface area (Å²) in [7, 11) is 0. The van der Waals surface area contributed by atoms with E-state index in [1.54, 1.807) is 6.07 Å². The maximum Gasteiger partial charge on any atom is 0.349 e. The summed E-state index contributed by atoms with van der Waals surface area (Å²) in [5.74, 6) is -14.0. The molecule has 0 N–H and O–H groups in total. The molecule has 3 aromatic rings. The van der Waals surface area contributed by atoms with Crippen molar-refractivity contribution in [2.24, 2.45) is 0 Å². The SMILES string of the molecule is Cc1c(OC(=O)COc2c(F)c(F)c(F)c(F)c2F)ccc2c1O/C(=C\c1cc(Br)cc3c1OCOC3)C2=O. The lowest BCUT2D eigenvalue weighted by molar-refractivity contribution is -0.136. The van der Waals surface area contributed by atoms with Crippen LogP contribution in [0, 0.1) is 36.0 Å². The van der Waals surface area contributed by atoms with Crippen LogP contribution in [-0.4, -0.2) is 25.2 Å². The molecule has 0 aliphatic carbocycles. The summed E-state index contributed by atoms with van der Waals surface area (Å²) in [6, 6.07) is 6.19. The van der Waals surface area contributed by atoms with Crippen molar-refractivity contribution in [3.8, 4) is 23.0 Å². The summed E-state index contributed by atoms with van der Waals surface area (Å²) in [5, 5.41) is 0. The molecule has 0 atom stereocenters. The van der Waals surface area contributed by atoms with Gasteiger partial charge in [-0.05, 0) is 37.3 Å². The number of fused-ring (bicyclic) bond motifs is 2. The number of hydrogen-bond acceptors (Lipinski definition) is 7. The zero-order chi connectivity index (χ0) is 28.0. The number of Topliss-reactive ketones (excluding diaryl/α,β-unsaturated/α-hetero) is 1. The van der Waals surface area contributed by atoms with E-state index in [0.29, 0.717) is 17.9 Å². The van der Waals surface area contributed by atoms with Gasteiger partial charge in [0.25, 0.3) is 0 Å². The Morgan fingerprint density at radius 1 is 1.03 bits per heavy atom. The van der Waals surface area contributed by atoms with Gasteiger partial charge in [0.15, 0.2) is 24.9 Å². The standard InChI is InChI=1S/C26H14BrF5O7/c1-10-15(38-17(33)8-36-26-21(31)19(29)18(28)20(30)22(26)32)3-2-14-23(34)16(39-24(10)14)6-11-4-13(27)5-12-7-35-9-37-25(11)12/h2-6H,7-9H2,1H3/b16-6-.